The Morgan fingerprint density at radius 3 is 2.61 bits per heavy atom. The first-order valence-corrected chi connectivity index (χ1v) is 6.19. The highest BCUT2D eigenvalue weighted by molar-refractivity contribution is 5.73. The predicted octanol–water partition coefficient (Wildman–Crippen LogP) is 1.17. The number of methoxy groups -OCH3 is 1. The lowest BCUT2D eigenvalue weighted by Crippen LogP contribution is -2.38. The molecule has 0 aromatic rings. The third-order valence-electron chi connectivity index (χ3n) is 2.70. The molecule has 2 amide bonds. The van der Waals surface area contributed by atoms with E-state index in [4.69, 9.17) is 9.84 Å². The number of aliphatic carboxylic acids is 1. The summed E-state index contributed by atoms with van der Waals surface area (Å²) < 4.78 is 4.91. The maximum Gasteiger partial charge on any atom is 0.317 e. The van der Waals surface area contributed by atoms with Crippen LogP contribution in [0.2, 0.25) is 0 Å². The SMILES string of the molecule is COCCCN(C)C(=O)NCCCC(C)C(=O)O. The molecule has 0 aliphatic heterocycles. The molecule has 0 heterocycles. The smallest absolute Gasteiger partial charge is 0.317 e. The maximum atomic E-state index is 11.6. The van der Waals surface area contributed by atoms with Crippen LogP contribution in [0.25, 0.3) is 0 Å². The summed E-state index contributed by atoms with van der Waals surface area (Å²) >= 11 is 0. The van der Waals surface area contributed by atoms with Crippen LogP contribution in [0.5, 0.6) is 0 Å². The Hall–Kier alpha value is -1.30. The number of carboxylic acids is 1. The van der Waals surface area contributed by atoms with E-state index in [9.17, 15) is 9.59 Å². The zero-order chi connectivity index (χ0) is 14.0. The molecule has 18 heavy (non-hydrogen) atoms. The summed E-state index contributed by atoms with van der Waals surface area (Å²) in [4.78, 5) is 23.7. The fraction of sp³-hybridized carbons (Fsp3) is 0.833. The Morgan fingerprint density at radius 2 is 2.06 bits per heavy atom. The van der Waals surface area contributed by atoms with Gasteiger partial charge in [0.2, 0.25) is 0 Å². The van der Waals surface area contributed by atoms with E-state index >= 15 is 0 Å². The second-order valence-electron chi connectivity index (χ2n) is 4.38. The fourth-order valence-electron chi connectivity index (χ4n) is 1.41. The molecular weight excluding hydrogens is 236 g/mol. The number of carbonyl (C=O) groups is 2. The maximum absolute atomic E-state index is 11.6. The third kappa shape index (κ3) is 7.89. The Morgan fingerprint density at radius 1 is 1.39 bits per heavy atom. The summed E-state index contributed by atoms with van der Waals surface area (Å²) in [6.07, 6.45) is 2.05. The lowest BCUT2D eigenvalue weighted by Gasteiger charge is -2.17. The van der Waals surface area contributed by atoms with Gasteiger partial charge >= 0.3 is 12.0 Å². The molecule has 1 atom stereocenters. The topological polar surface area (TPSA) is 78.9 Å². The highest BCUT2D eigenvalue weighted by Crippen LogP contribution is 2.04. The first kappa shape index (κ1) is 16.7. The van der Waals surface area contributed by atoms with Crippen molar-refractivity contribution in [2.45, 2.75) is 26.2 Å². The standard InChI is InChI=1S/C12H24N2O4/c1-10(11(15)16)6-4-7-13-12(17)14(2)8-5-9-18-3/h10H,4-9H2,1-3H3,(H,13,17)(H,15,16). The molecule has 0 spiro atoms. The van der Waals surface area contributed by atoms with Gasteiger partial charge in [-0.05, 0) is 19.3 Å². The van der Waals surface area contributed by atoms with Crippen molar-refractivity contribution >= 4 is 12.0 Å². The molecule has 0 aliphatic rings. The van der Waals surface area contributed by atoms with E-state index in [0.29, 0.717) is 32.5 Å². The number of carboxylic acid groups (broad SMARTS) is 1. The number of urea groups is 1. The average molecular weight is 260 g/mol. The normalized spacial score (nSPS) is 11.9. The molecule has 106 valence electrons. The van der Waals surface area contributed by atoms with Gasteiger partial charge in [0.25, 0.3) is 0 Å². The number of amides is 2. The Labute approximate surface area is 108 Å². The van der Waals surface area contributed by atoms with Crippen molar-refractivity contribution in [3.8, 4) is 0 Å². The number of carbonyl (C=O) groups excluding carboxylic acids is 1. The van der Waals surface area contributed by atoms with E-state index in [-0.39, 0.29) is 11.9 Å². The zero-order valence-corrected chi connectivity index (χ0v) is 11.4. The third-order valence-corrected chi connectivity index (χ3v) is 2.70. The first-order chi connectivity index (χ1) is 8.49. The van der Waals surface area contributed by atoms with Gasteiger partial charge < -0.3 is 20.1 Å². The van der Waals surface area contributed by atoms with Crippen molar-refractivity contribution in [1.29, 1.82) is 0 Å². The van der Waals surface area contributed by atoms with Crippen LogP contribution in [-0.4, -0.2) is 55.9 Å². The van der Waals surface area contributed by atoms with Gasteiger partial charge in [-0.1, -0.05) is 6.92 Å². The second kappa shape index (κ2) is 9.70. The van der Waals surface area contributed by atoms with Gasteiger partial charge in [-0.2, -0.15) is 0 Å². The van der Waals surface area contributed by atoms with Gasteiger partial charge in [-0.25, -0.2) is 4.79 Å². The minimum atomic E-state index is -0.794. The summed E-state index contributed by atoms with van der Waals surface area (Å²) in [5, 5.41) is 11.4. The quantitative estimate of drug-likeness (QED) is 0.610. The molecular formula is C12H24N2O4. The van der Waals surface area contributed by atoms with Crippen molar-refractivity contribution in [2.24, 2.45) is 5.92 Å². The largest absolute Gasteiger partial charge is 0.481 e. The zero-order valence-electron chi connectivity index (χ0n) is 11.4. The van der Waals surface area contributed by atoms with Crippen molar-refractivity contribution in [3.63, 3.8) is 0 Å². The number of hydrogen-bond acceptors (Lipinski definition) is 3. The van der Waals surface area contributed by atoms with Gasteiger partial charge in [0.05, 0.1) is 5.92 Å². The monoisotopic (exact) mass is 260 g/mol. The molecule has 0 aromatic heterocycles. The molecule has 6 heteroatoms. The highest BCUT2D eigenvalue weighted by atomic mass is 16.5. The summed E-state index contributed by atoms with van der Waals surface area (Å²) in [6.45, 7) is 3.45. The number of nitrogens with zero attached hydrogens (tertiary/aromatic N) is 1. The van der Waals surface area contributed by atoms with Crippen LogP contribution in [0.1, 0.15) is 26.2 Å². The van der Waals surface area contributed by atoms with Gasteiger partial charge in [0.1, 0.15) is 0 Å². The van der Waals surface area contributed by atoms with Gasteiger partial charge in [0.15, 0.2) is 0 Å². The number of nitrogens with one attached hydrogen (secondary N) is 1. The van der Waals surface area contributed by atoms with E-state index in [0.717, 1.165) is 6.42 Å². The minimum absolute atomic E-state index is 0.130. The molecule has 0 aliphatic carbocycles. The molecule has 0 rings (SSSR count). The van der Waals surface area contributed by atoms with Crippen LogP contribution in [-0.2, 0) is 9.53 Å². The van der Waals surface area contributed by atoms with Crippen LogP contribution < -0.4 is 5.32 Å². The average Bonchev–Trinajstić information content (AvgIpc) is 2.33. The van der Waals surface area contributed by atoms with Crippen LogP contribution in [0.15, 0.2) is 0 Å². The highest BCUT2D eigenvalue weighted by Gasteiger charge is 2.11. The molecule has 2 N–H and O–H groups in total. The number of ether oxygens (including phenoxy) is 1. The van der Waals surface area contributed by atoms with Gasteiger partial charge in [0, 0.05) is 33.9 Å². The van der Waals surface area contributed by atoms with Crippen LogP contribution in [0.4, 0.5) is 4.79 Å². The Kier molecular flexibility index (Phi) is 9.00. The van der Waals surface area contributed by atoms with E-state index < -0.39 is 5.97 Å². The van der Waals surface area contributed by atoms with Gasteiger partial charge in [-0.15, -0.1) is 0 Å². The van der Waals surface area contributed by atoms with Crippen molar-refractivity contribution in [1.82, 2.24) is 10.2 Å². The summed E-state index contributed by atoms with van der Waals surface area (Å²) in [5.74, 6) is -1.15. The molecule has 1 unspecified atom stereocenters. The lowest BCUT2D eigenvalue weighted by molar-refractivity contribution is -0.141. The predicted molar refractivity (Wildman–Crippen MR) is 68.6 cm³/mol. The van der Waals surface area contributed by atoms with E-state index in [1.54, 1.807) is 26.0 Å². The molecule has 0 aromatic carbocycles. The van der Waals surface area contributed by atoms with Crippen molar-refractivity contribution in [2.75, 3.05) is 33.9 Å². The molecule has 0 saturated carbocycles. The molecule has 0 saturated heterocycles. The summed E-state index contributed by atoms with van der Waals surface area (Å²) in [5.41, 5.74) is 0. The van der Waals surface area contributed by atoms with Crippen molar-refractivity contribution < 1.29 is 19.4 Å². The Bertz CT molecular complexity index is 258. The minimum Gasteiger partial charge on any atom is -0.481 e. The first-order valence-electron chi connectivity index (χ1n) is 6.19. The second-order valence-corrected chi connectivity index (χ2v) is 4.38. The summed E-state index contributed by atoms with van der Waals surface area (Å²) in [6, 6.07) is -0.130. The molecule has 6 nitrogen and oxygen atoms in total. The van der Waals surface area contributed by atoms with Gasteiger partial charge in [-0.3, -0.25) is 4.79 Å². The van der Waals surface area contributed by atoms with Crippen LogP contribution in [0, 0.1) is 5.92 Å². The van der Waals surface area contributed by atoms with E-state index in [2.05, 4.69) is 5.32 Å². The van der Waals surface area contributed by atoms with Crippen LogP contribution >= 0.6 is 0 Å². The van der Waals surface area contributed by atoms with Crippen molar-refractivity contribution in [3.05, 3.63) is 0 Å². The Balaban J connectivity index is 3.60. The molecule has 0 bridgehead atoms. The number of rotatable bonds is 9. The summed E-state index contributed by atoms with van der Waals surface area (Å²) in [7, 11) is 3.36. The van der Waals surface area contributed by atoms with E-state index in [1.807, 2.05) is 0 Å². The van der Waals surface area contributed by atoms with E-state index in [1.165, 1.54) is 0 Å². The number of hydrogen-bond donors (Lipinski definition) is 2. The molecule has 0 fully saturated rings. The molecule has 0 radical (unpaired) electrons. The lowest BCUT2D eigenvalue weighted by atomic mass is 10.1. The fourth-order valence-corrected chi connectivity index (χ4v) is 1.41. The van der Waals surface area contributed by atoms with Crippen LogP contribution in [0.3, 0.4) is 0 Å².